The van der Waals surface area contributed by atoms with Crippen molar-refractivity contribution in [1.82, 2.24) is 19.5 Å². The highest BCUT2D eigenvalue weighted by atomic mass is 16.3. The fourth-order valence-electron chi connectivity index (χ4n) is 8.35. The van der Waals surface area contributed by atoms with Gasteiger partial charge < -0.3 is 13.4 Å². The Morgan fingerprint density at radius 1 is 0.345 bits per heavy atom. The zero-order chi connectivity index (χ0) is 36.0. The van der Waals surface area contributed by atoms with Crippen LogP contribution >= 0.6 is 0 Å². The number of rotatable bonds is 4. The predicted octanol–water partition coefficient (Wildman–Crippen LogP) is 12.9. The Kier molecular flexibility index (Phi) is 6.24. The van der Waals surface area contributed by atoms with Crippen LogP contribution in [-0.4, -0.2) is 19.5 Å². The molecular weight excluding hydrogens is 677 g/mol. The molecule has 0 atom stereocenters. The molecule has 0 amide bonds. The molecule has 0 bridgehead atoms. The highest BCUT2D eigenvalue weighted by Crippen LogP contribution is 2.45. The quantitative estimate of drug-likeness (QED) is 0.182. The normalized spacial score (nSPS) is 12.0. The van der Waals surface area contributed by atoms with E-state index in [0.717, 1.165) is 77.0 Å². The van der Waals surface area contributed by atoms with Gasteiger partial charge in [-0.2, -0.15) is 0 Å². The average Bonchev–Trinajstić information content (AvgIpc) is 3.94. The number of benzene rings is 8. The molecule has 0 aliphatic heterocycles. The van der Waals surface area contributed by atoms with E-state index in [1.807, 2.05) is 60.7 Å². The monoisotopic (exact) mass is 704 g/mol. The van der Waals surface area contributed by atoms with Gasteiger partial charge in [0, 0.05) is 54.7 Å². The van der Waals surface area contributed by atoms with E-state index in [0.29, 0.717) is 17.5 Å². The van der Waals surface area contributed by atoms with Gasteiger partial charge in [-0.25, -0.2) is 15.0 Å². The lowest BCUT2D eigenvalue weighted by Crippen LogP contribution is -2.00. The fourth-order valence-corrected chi connectivity index (χ4v) is 8.35. The van der Waals surface area contributed by atoms with E-state index in [2.05, 4.69) is 114 Å². The fraction of sp³-hybridized carbons (Fsp3) is 0. The first-order valence-electron chi connectivity index (χ1n) is 18.4. The molecule has 0 N–H and O–H groups in total. The van der Waals surface area contributed by atoms with Gasteiger partial charge in [-0.3, -0.25) is 0 Å². The van der Waals surface area contributed by atoms with Crippen LogP contribution in [0.4, 0.5) is 0 Å². The number of aromatic nitrogens is 4. The zero-order valence-electron chi connectivity index (χ0n) is 29.3. The van der Waals surface area contributed by atoms with Gasteiger partial charge in [-0.15, -0.1) is 0 Å². The lowest BCUT2D eigenvalue weighted by atomic mass is 9.99. The summed E-state index contributed by atoms with van der Waals surface area (Å²) in [5, 5.41) is 8.65. The molecule has 0 saturated carbocycles. The summed E-state index contributed by atoms with van der Waals surface area (Å²) < 4.78 is 15.5. The topological polar surface area (TPSA) is 69.9 Å². The summed E-state index contributed by atoms with van der Waals surface area (Å²) in [5.74, 6) is 1.80. The molecule has 6 nitrogen and oxygen atoms in total. The third-order valence-corrected chi connectivity index (χ3v) is 10.8. The van der Waals surface area contributed by atoms with Crippen LogP contribution in [0, 0.1) is 0 Å². The van der Waals surface area contributed by atoms with Crippen LogP contribution in [-0.2, 0) is 0 Å². The summed E-state index contributed by atoms with van der Waals surface area (Å²) in [7, 11) is 0. The van der Waals surface area contributed by atoms with Crippen LogP contribution < -0.4 is 0 Å². The second kappa shape index (κ2) is 11.5. The number of nitrogens with zero attached hydrogens (tertiary/aromatic N) is 4. The first-order chi connectivity index (χ1) is 27.3. The standard InChI is InChI=1S/C49H28N4O2/c1-2-12-29(13-3-1)47-50-48(30-22-25-32(26-23-30)53-39-19-9-6-14-33(39)34-15-7-10-20-40(34)53)52-49(51-47)31-24-27-42-38(28-31)43-35-16-4-5-17-36(35)45-44(46(43)55-42)37-18-8-11-21-41(37)54-45/h1-28H. The molecular formula is C49H28N4O2. The number of hydrogen-bond acceptors (Lipinski definition) is 5. The Hall–Kier alpha value is -7.57. The Labute approximate surface area is 313 Å². The van der Waals surface area contributed by atoms with Crippen LogP contribution in [0.5, 0.6) is 0 Å². The predicted molar refractivity (Wildman–Crippen MR) is 223 cm³/mol. The Morgan fingerprint density at radius 3 is 1.56 bits per heavy atom. The maximum atomic E-state index is 6.70. The summed E-state index contributed by atoms with van der Waals surface area (Å²) in [4.78, 5) is 15.2. The van der Waals surface area contributed by atoms with Crippen molar-refractivity contribution in [1.29, 1.82) is 0 Å². The van der Waals surface area contributed by atoms with Gasteiger partial charge in [0.15, 0.2) is 17.5 Å². The largest absolute Gasteiger partial charge is 0.455 e. The van der Waals surface area contributed by atoms with Crippen molar-refractivity contribution in [2.45, 2.75) is 0 Å². The van der Waals surface area contributed by atoms with Crippen molar-refractivity contribution in [2.75, 3.05) is 0 Å². The molecule has 4 heterocycles. The smallest absolute Gasteiger partial charge is 0.164 e. The maximum Gasteiger partial charge on any atom is 0.164 e. The molecule has 0 unspecified atom stereocenters. The van der Waals surface area contributed by atoms with Crippen molar-refractivity contribution in [2.24, 2.45) is 0 Å². The maximum absolute atomic E-state index is 6.70. The molecule has 4 aromatic heterocycles. The minimum absolute atomic E-state index is 0.589. The van der Waals surface area contributed by atoms with Crippen molar-refractivity contribution in [3.63, 3.8) is 0 Å². The van der Waals surface area contributed by atoms with Crippen LogP contribution in [0.1, 0.15) is 0 Å². The van der Waals surface area contributed by atoms with Crippen molar-refractivity contribution in [3.05, 3.63) is 170 Å². The third kappa shape index (κ3) is 4.46. The van der Waals surface area contributed by atoms with Crippen LogP contribution in [0.3, 0.4) is 0 Å². The van der Waals surface area contributed by atoms with E-state index in [-0.39, 0.29) is 0 Å². The minimum Gasteiger partial charge on any atom is -0.455 e. The van der Waals surface area contributed by atoms with Crippen molar-refractivity contribution < 1.29 is 8.83 Å². The summed E-state index contributed by atoms with van der Waals surface area (Å²) in [6.45, 7) is 0. The Bertz CT molecular complexity index is 3430. The Morgan fingerprint density at radius 2 is 0.855 bits per heavy atom. The molecule has 0 fully saturated rings. The lowest BCUT2D eigenvalue weighted by molar-refractivity contribution is 0.665. The number of furan rings is 2. The molecule has 0 spiro atoms. The van der Waals surface area contributed by atoms with Crippen LogP contribution in [0.25, 0.3) is 116 Å². The van der Waals surface area contributed by atoms with Gasteiger partial charge in [0.25, 0.3) is 0 Å². The number of para-hydroxylation sites is 3. The first-order valence-corrected chi connectivity index (χ1v) is 18.4. The van der Waals surface area contributed by atoms with Crippen molar-refractivity contribution >= 4 is 76.5 Å². The molecule has 55 heavy (non-hydrogen) atoms. The van der Waals surface area contributed by atoms with Gasteiger partial charge >= 0.3 is 0 Å². The second-order valence-electron chi connectivity index (χ2n) is 14.0. The molecule has 8 aromatic carbocycles. The first kappa shape index (κ1) is 29.9. The molecule has 0 saturated heterocycles. The van der Waals surface area contributed by atoms with E-state index >= 15 is 0 Å². The molecule has 0 aliphatic carbocycles. The summed E-state index contributed by atoms with van der Waals surface area (Å²) in [6.07, 6.45) is 0. The van der Waals surface area contributed by atoms with Gasteiger partial charge in [-0.05, 0) is 66.0 Å². The molecule has 256 valence electrons. The summed E-state index contributed by atoms with van der Waals surface area (Å²) in [6, 6.07) is 58.5. The van der Waals surface area contributed by atoms with Gasteiger partial charge in [0.1, 0.15) is 22.3 Å². The van der Waals surface area contributed by atoms with E-state index in [4.69, 9.17) is 23.8 Å². The lowest BCUT2D eigenvalue weighted by Gasteiger charge is -2.11. The number of hydrogen-bond donors (Lipinski definition) is 0. The van der Waals surface area contributed by atoms with Crippen molar-refractivity contribution in [3.8, 4) is 39.9 Å². The third-order valence-electron chi connectivity index (χ3n) is 10.8. The average molecular weight is 705 g/mol. The molecule has 6 heteroatoms. The molecule has 0 aliphatic rings. The SMILES string of the molecule is c1ccc(-c2nc(-c3ccc(-n4c5ccccc5c5ccccc54)cc3)nc(-c3ccc4oc5c(c4c3)c3ccccc3c3oc4ccccc4c35)n2)cc1. The minimum atomic E-state index is 0.589. The van der Waals surface area contributed by atoms with Crippen LogP contribution in [0.2, 0.25) is 0 Å². The van der Waals surface area contributed by atoms with Gasteiger partial charge in [-0.1, -0.05) is 109 Å². The highest BCUT2D eigenvalue weighted by molar-refractivity contribution is 6.33. The summed E-state index contributed by atoms with van der Waals surface area (Å²) >= 11 is 0. The number of fused-ring (bicyclic) bond motifs is 13. The second-order valence-corrected chi connectivity index (χ2v) is 14.0. The summed E-state index contributed by atoms with van der Waals surface area (Å²) in [5.41, 5.74) is 9.39. The van der Waals surface area contributed by atoms with E-state index < -0.39 is 0 Å². The van der Waals surface area contributed by atoms with E-state index in [1.54, 1.807) is 0 Å². The van der Waals surface area contributed by atoms with E-state index in [1.165, 1.54) is 21.8 Å². The van der Waals surface area contributed by atoms with E-state index in [9.17, 15) is 0 Å². The van der Waals surface area contributed by atoms with Gasteiger partial charge in [0.05, 0.1) is 16.4 Å². The Balaban J connectivity index is 1.05. The molecule has 12 rings (SSSR count). The molecule has 12 aromatic rings. The zero-order valence-corrected chi connectivity index (χ0v) is 29.3. The van der Waals surface area contributed by atoms with Gasteiger partial charge in [0.2, 0.25) is 0 Å². The molecule has 0 radical (unpaired) electrons. The highest BCUT2D eigenvalue weighted by Gasteiger charge is 2.22. The van der Waals surface area contributed by atoms with Crippen LogP contribution in [0.15, 0.2) is 179 Å².